The van der Waals surface area contributed by atoms with Gasteiger partial charge in [0.2, 0.25) is 23.3 Å². The fourth-order valence-corrected chi connectivity index (χ4v) is 9.30. The SMILES string of the molecule is [C-]#[N+]c1cnc(N[C@@H]2CCC[C@H](NC(=O)c3ccc(N)cc3)C2)nc1-c1c[nH]c2ccccc12.[C-]#[N+]c1cnc(N[C@@H]2CCC[C@H](NC(=O)c3ccc(N)cc3)C2)nc1C1=CCc2ccccc21. The van der Waals surface area contributed by atoms with Crippen molar-refractivity contribution in [2.75, 3.05) is 22.1 Å². The Labute approximate surface area is 394 Å². The standard InChI is InChI=1S/C27H26N6O.C26H25N7O/c1-29-24-16-30-27(33-25(24)23-14-11-17-5-2-3-8-22(17)23)32-21-7-4-6-20(15-21)31-26(34)18-9-12-19(28)13-10-18;1-28-23-15-30-26(33-24(23)21-14-29-22-8-3-2-7-20(21)22)32-19-6-4-5-18(13-19)31-25(34)16-9-11-17(27)12-10-16/h2-3,5,8-10,12-14,16,20-21H,4,6-7,11,15,28H2,(H,31,34)(H,30,32,33);2-3,7-12,14-15,18-19,29H,4-6,13,27H2,(H,31,34)(H,30,32,33)/t20-,21+;18-,19+/m00/s1. The van der Waals surface area contributed by atoms with Crippen LogP contribution in [0.3, 0.4) is 0 Å². The lowest BCUT2D eigenvalue weighted by Gasteiger charge is -2.30. The average molecular weight is 902 g/mol. The van der Waals surface area contributed by atoms with Gasteiger partial charge in [0, 0.05) is 81.7 Å². The zero-order chi connectivity index (χ0) is 47.0. The summed E-state index contributed by atoms with van der Waals surface area (Å²) < 4.78 is 0. The van der Waals surface area contributed by atoms with Crippen LogP contribution in [0.25, 0.3) is 37.4 Å². The Bertz CT molecular complexity index is 3080. The maximum atomic E-state index is 12.6. The van der Waals surface area contributed by atoms with Gasteiger partial charge in [0.25, 0.3) is 11.8 Å². The van der Waals surface area contributed by atoms with E-state index in [1.165, 1.54) is 5.56 Å². The number of para-hydroxylation sites is 1. The Morgan fingerprint density at radius 2 is 1.13 bits per heavy atom. The lowest BCUT2D eigenvalue weighted by Crippen LogP contribution is -2.42. The molecule has 68 heavy (non-hydrogen) atoms. The number of nitrogens with two attached hydrogens (primary N) is 2. The van der Waals surface area contributed by atoms with Crippen molar-refractivity contribution in [3.05, 3.63) is 173 Å². The average Bonchev–Trinajstić information content (AvgIpc) is 4.00. The van der Waals surface area contributed by atoms with Crippen molar-refractivity contribution >= 4 is 62.9 Å². The maximum absolute atomic E-state index is 12.6. The van der Waals surface area contributed by atoms with Gasteiger partial charge in [0.1, 0.15) is 0 Å². The zero-order valence-corrected chi connectivity index (χ0v) is 37.4. The number of H-pyrrole nitrogens is 1. The quantitative estimate of drug-likeness (QED) is 0.0510. The molecule has 0 bridgehead atoms. The highest BCUT2D eigenvalue weighted by Crippen LogP contribution is 2.37. The van der Waals surface area contributed by atoms with E-state index >= 15 is 0 Å². The first-order chi connectivity index (χ1) is 33.2. The fourth-order valence-electron chi connectivity index (χ4n) is 9.30. The van der Waals surface area contributed by atoms with Gasteiger partial charge in [0.05, 0.1) is 24.5 Å². The Morgan fingerprint density at radius 3 is 1.72 bits per heavy atom. The van der Waals surface area contributed by atoms with E-state index in [-0.39, 0.29) is 36.0 Å². The molecule has 0 aliphatic heterocycles. The Morgan fingerprint density at radius 1 is 0.618 bits per heavy atom. The lowest BCUT2D eigenvalue weighted by molar-refractivity contribution is 0.0917. The molecule has 7 aromatic rings. The van der Waals surface area contributed by atoms with Crippen LogP contribution in [0.5, 0.6) is 0 Å². The number of amides is 2. The molecule has 0 spiro atoms. The van der Waals surface area contributed by atoms with E-state index in [4.69, 9.17) is 34.6 Å². The molecule has 2 amide bonds. The van der Waals surface area contributed by atoms with Gasteiger partial charge in [-0.1, -0.05) is 48.5 Å². The summed E-state index contributed by atoms with van der Waals surface area (Å²) in [6.07, 6.45) is 15.4. The molecule has 15 heteroatoms. The minimum Gasteiger partial charge on any atom is -0.399 e. The van der Waals surface area contributed by atoms with Crippen LogP contribution in [0.2, 0.25) is 0 Å². The van der Waals surface area contributed by atoms with Gasteiger partial charge in [0.15, 0.2) is 0 Å². The molecule has 9 N–H and O–H groups in total. The topological polar surface area (TPSA) is 210 Å². The highest BCUT2D eigenvalue weighted by molar-refractivity contribution is 5.98. The van der Waals surface area contributed by atoms with E-state index in [0.29, 0.717) is 57.2 Å². The van der Waals surface area contributed by atoms with Crippen molar-refractivity contribution in [1.82, 2.24) is 35.6 Å². The number of carbonyl (C=O) groups excluding carboxylic acids is 2. The van der Waals surface area contributed by atoms with E-state index in [1.54, 1.807) is 60.9 Å². The summed E-state index contributed by atoms with van der Waals surface area (Å²) in [5, 5.41) is 14.2. The molecule has 3 aliphatic carbocycles. The van der Waals surface area contributed by atoms with Gasteiger partial charge in [-0.2, -0.15) is 0 Å². The highest BCUT2D eigenvalue weighted by atomic mass is 16.2. The fraction of sp³-hybridized carbons (Fsp3) is 0.245. The van der Waals surface area contributed by atoms with Gasteiger partial charge in [-0.25, -0.2) is 29.6 Å². The summed E-state index contributed by atoms with van der Waals surface area (Å²) in [5.74, 6) is 0.828. The van der Waals surface area contributed by atoms with Gasteiger partial charge in [-0.3, -0.25) is 9.59 Å². The minimum atomic E-state index is -0.0927. The van der Waals surface area contributed by atoms with Crippen LogP contribution in [-0.4, -0.2) is 60.9 Å². The monoisotopic (exact) mass is 901 g/mol. The predicted molar refractivity (Wildman–Crippen MR) is 267 cm³/mol. The molecule has 0 unspecified atom stereocenters. The third kappa shape index (κ3) is 10.3. The van der Waals surface area contributed by atoms with Crippen LogP contribution in [0, 0.1) is 13.1 Å². The Balaban J connectivity index is 0.000000170. The number of hydrogen-bond donors (Lipinski definition) is 7. The van der Waals surface area contributed by atoms with Crippen molar-refractivity contribution in [3.63, 3.8) is 0 Å². The number of aromatic nitrogens is 5. The second kappa shape index (κ2) is 20.3. The summed E-state index contributed by atoms with van der Waals surface area (Å²) in [5.41, 5.74) is 21.3. The van der Waals surface area contributed by atoms with Crippen molar-refractivity contribution in [2.45, 2.75) is 82.0 Å². The second-order valence-corrected chi connectivity index (χ2v) is 17.4. The third-order valence-electron chi connectivity index (χ3n) is 12.7. The van der Waals surface area contributed by atoms with Gasteiger partial charge < -0.3 is 37.7 Å². The molecular formula is C53H51N13O2. The third-order valence-corrected chi connectivity index (χ3v) is 12.7. The Hall–Kier alpha value is -8.56. The Kier molecular flexibility index (Phi) is 13.3. The van der Waals surface area contributed by atoms with Crippen LogP contribution >= 0.6 is 0 Å². The molecule has 0 saturated heterocycles. The molecular weight excluding hydrogens is 851 g/mol. The lowest BCUT2D eigenvalue weighted by atomic mass is 9.91. The summed E-state index contributed by atoms with van der Waals surface area (Å²) in [4.78, 5) is 54.0. The van der Waals surface area contributed by atoms with Crippen molar-refractivity contribution in [1.29, 1.82) is 0 Å². The molecule has 4 aromatic carbocycles. The molecule has 15 nitrogen and oxygen atoms in total. The molecule has 2 saturated carbocycles. The second-order valence-electron chi connectivity index (χ2n) is 17.4. The highest BCUT2D eigenvalue weighted by Gasteiger charge is 2.27. The molecule has 4 atom stereocenters. The number of allylic oxidation sites excluding steroid dienone is 1. The van der Waals surface area contributed by atoms with E-state index in [1.807, 2.05) is 42.6 Å². The van der Waals surface area contributed by atoms with E-state index in [9.17, 15) is 9.59 Å². The van der Waals surface area contributed by atoms with E-state index < -0.39 is 0 Å². The van der Waals surface area contributed by atoms with E-state index in [2.05, 4.69) is 64.1 Å². The first-order valence-corrected chi connectivity index (χ1v) is 22.9. The molecule has 10 rings (SSSR count). The first-order valence-electron chi connectivity index (χ1n) is 22.9. The molecule has 3 aromatic heterocycles. The minimum absolute atomic E-state index is 0.0619. The maximum Gasteiger partial charge on any atom is 0.251 e. The van der Waals surface area contributed by atoms with Crippen molar-refractivity contribution in [3.8, 4) is 11.3 Å². The number of nitrogens with zero attached hydrogens (tertiary/aromatic N) is 6. The molecule has 340 valence electrons. The summed E-state index contributed by atoms with van der Waals surface area (Å²) in [6, 6.07) is 30.5. The molecule has 3 aliphatic rings. The molecule has 3 heterocycles. The van der Waals surface area contributed by atoms with Gasteiger partial charge >= 0.3 is 0 Å². The summed E-state index contributed by atoms with van der Waals surface area (Å²) >= 11 is 0. The van der Waals surface area contributed by atoms with Crippen molar-refractivity contribution in [2.24, 2.45) is 0 Å². The van der Waals surface area contributed by atoms with Crippen LogP contribution in [0.4, 0.5) is 34.6 Å². The van der Waals surface area contributed by atoms with E-state index in [0.717, 1.165) is 85.4 Å². The number of nitrogen functional groups attached to an aromatic ring is 2. The largest absolute Gasteiger partial charge is 0.399 e. The van der Waals surface area contributed by atoms with Gasteiger partial charge in [-0.15, -0.1) is 0 Å². The number of nitrogens with one attached hydrogen (secondary N) is 5. The number of benzene rings is 4. The van der Waals surface area contributed by atoms with Crippen LogP contribution < -0.4 is 32.7 Å². The van der Waals surface area contributed by atoms with Crippen LogP contribution in [0.15, 0.2) is 122 Å². The zero-order valence-electron chi connectivity index (χ0n) is 37.4. The van der Waals surface area contributed by atoms with Crippen LogP contribution in [-0.2, 0) is 6.42 Å². The first kappa shape index (κ1) is 44.6. The van der Waals surface area contributed by atoms with Gasteiger partial charge in [-0.05, 0) is 129 Å². The summed E-state index contributed by atoms with van der Waals surface area (Å²) in [6.45, 7) is 15.1. The number of rotatable bonds is 10. The number of carbonyl (C=O) groups is 2. The number of anilines is 4. The summed E-state index contributed by atoms with van der Waals surface area (Å²) in [7, 11) is 0. The number of hydrogen-bond acceptors (Lipinski definition) is 10. The smallest absolute Gasteiger partial charge is 0.251 e. The van der Waals surface area contributed by atoms with Crippen LogP contribution in [0.1, 0.15) is 88.9 Å². The molecule has 2 fully saturated rings. The number of aromatic amines is 1. The van der Waals surface area contributed by atoms with Crippen molar-refractivity contribution < 1.29 is 9.59 Å². The predicted octanol–water partition coefficient (Wildman–Crippen LogP) is 9.66. The normalized spacial score (nSPS) is 18.4. The molecule has 0 radical (unpaired) electrons. The number of fused-ring (bicyclic) bond motifs is 2.